The van der Waals surface area contributed by atoms with Crippen molar-refractivity contribution >= 4 is 11.5 Å². The second-order valence-electron chi connectivity index (χ2n) is 4.67. The Morgan fingerprint density at radius 1 is 1.00 bits per heavy atom. The molecule has 2 aromatic rings. The molecule has 0 saturated carbocycles. The summed E-state index contributed by atoms with van der Waals surface area (Å²) < 4.78 is 0. The smallest absolute Gasteiger partial charge is 0.132 e. The minimum absolute atomic E-state index is 0.739. The quantitative estimate of drug-likeness (QED) is 0.826. The standard InChI is InChI=1S/C15H15N5/c16-11-13-3-1-2-4-14(13)19-7-9-20(10-8-19)15-5-6-17-12-18-15/h1-6,12H,7-10H2. The number of anilines is 2. The van der Waals surface area contributed by atoms with E-state index in [1.54, 1.807) is 12.5 Å². The lowest BCUT2D eigenvalue weighted by atomic mass is 10.1. The molecule has 100 valence electrons. The lowest BCUT2D eigenvalue weighted by Gasteiger charge is -2.36. The highest BCUT2D eigenvalue weighted by Crippen LogP contribution is 2.22. The van der Waals surface area contributed by atoms with Gasteiger partial charge in [-0.25, -0.2) is 9.97 Å². The lowest BCUT2D eigenvalue weighted by Crippen LogP contribution is -2.47. The molecule has 2 heterocycles. The second kappa shape index (κ2) is 5.57. The molecule has 1 aromatic carbocycles. The Morgan fingerprint density at radius 3 is 2.45 bits per heavy atom. The van der Waals surface area contributed by atoms with Gasteiger partial charge in [0.15, 0.2) is 0 Å². The summed E-state index contributed by atoms with van der Waals surface area (Å²) in [5.41, 5.74) is 1.76. The van der Waals surface area contributed by atoms with E-state index >= 15 is 0 Å². The van der Waals surface area contributed by atoms with E-state index in [0.717, 1.165) is 43.2 Å². The molecule has 0 N–H and O–H groups in total. The van der Waals surface area contributed by atoms with Gasteiger partial charge in [-0.2, -0.15) is 5.26 Å². The van der Waals surface area contributed by atoms with Crippen molar-refractivity contribution in [3.8, 4) is 6.07 Å². The highest BCUT2D eigenvalue weighted by Gasteiger charge is 2.19. The third kappa shape index (κ3) is 2.41. The van der Waals surface area contributed by atoms with Crippen LogP contribution in [0.5, 0.6) is 0 Å². The summed E-state index contributed by atoms with van der Waals surface area (Å²) in [4.78, 5) is 12.7. The van der Waals surface area contributed by atoms with Crippen molar-refractivity contribution in [2.45, 2.75) is 0 Å². The maximum atomic E-state index is 9.18. The van der Waals surface area contributed by atoms with Gasteiger partial charge in [-0.05, 0) is 18.2 Å². The number of nitrogens with zero attached hydrogens (tertiary/aromatic N) is 5. The Balaban J connectivity index is 1.72. The maximum absolute atomic E-state index is 9.18. The molecule has 5 nitrogen and oxygen atoms in total. The van der Waals surface area contributed by atoms with Crippen molar-refractivity contribution in [2.75, 3.05) is 36.0 Å². The molecule has 0 radical (unpaired) electrons. The molecule has 3 rings (SSSR count). The van der Waals surface area contributed by atoms with Gasteiger partial charge in [0.25, 0.3) is 0 Å². The molecule has 1 aliphatic rings. The molecule has 0 spiro atoms. The first-order chi connectivity index (χ1) is 9.88. The predicted molar refractivity (Wildman–Crippen MR) is 77.6 cm³/mol. The first-order valence-electron chi connectivity index (χ1n) is 6.63. The number of hydrogen-bond donors (Lipinski definition) is 0. The zero-order valence-corrected chi connectivity index (χ0v) is 11.1. The van der Waals surface area contributed by atoms with Crippen LogP contribution in [-0.4, -0.2) is 36.1 Å². The summed E-state index contributed by atoms with van der Waals surface area (Å²) in [7, 11) is 0. The zero-order chi connectivity index (χ0) is 13.8. The van der Waals surface area contributed by atoms with Crippen molar-refractivity contribution in [1.29, 1.82) is 5.26 Å². The van der Waals surface area contributed by atoms with Crippen LogP contribution in [0.1, 0.15) is 5.56 Å². The van der Waals surface area contributed by atoms with Crippen molar-refractivity contribution in [1.82, 2.24) is 9.97 Å². The second-order valence-corrected chi connectivity index (χ2v) is 4.67. The van der Waals surface area contributed by atoms with Crippen molar-refractivity contribution in [2.24, 2.45) is 0 Å². The largest absolute Gasteiger partial charge is 0.367 e. The SMILES string of the molecule is N#Cc1ccccc1N1CCN(c2ccncn2)CC1. The molecule has 1 aliphatic heterocycles. The Hall–Kier alpha value is -2.61. The van der Waals surface area contributed by atoms with Crippen molar-refractivity contribution in [3.05, 3.63) is 48.4 Å². The summed E-state index contributed by atoms with van der Waals surface area (Å²) in [6.45, 7) is 3.58. The molecule has 5 heteroatoms. The van der Waals surface area contributed by atoms with Gasteiger partial charge in [-0.3, -0.25) is 0 Å². The molecular weight excluding hydrogens is 250 g/mol. The minimum atomic E-state index is 0.739. The first-order valence-corrected chi connectivity index (χ1v) is 6.63. The van der Waals surface area contributed by atoms with Gasteiger partial charge in [0.05, 0.1) is 11.3 Å². The first kappa shape index (κ1) is 12.4. The van der Waals surface area contributed by atoms with Gasteiger partial charge in [0.1, 0.15) is 18.2 Å². The summed E-state index contributed by atoms with van der Waals surface area (Å²) in [6.07, 6.45) is 3.34. The van der Waals surface area contributed by atoms with Crippen LogP contribution in [0.2, 0.25) is 0 Å². The highest BCUT2D eigenvalue weighted by molar-refractivity contribution is 5.60. The summed E-state index contributed by atoms with van der Waals surface area (Å²) in [5.74, 6) is 0.966. The fraction of sp³-hybridized carbons (Fsp3) is 0.267. The van der Waals surface area contributed by atoms with E-state index in [-0.39, 0.29) is 0 Å². The van der Waals surface area contributed by atoms with Crippen molar-refractivity contribution < 1.29 is 0 Å². The topological polar surface area (TPSA) is 56.1 Å². The zero-order valence-electron chi connectivity index (χ0n) is 11.1. The average molecular weight is 265 g/mol. The van der Waals surface area contributed by atoms with Crippen LogP contribution in [0.3, 0.4) is 0 Å². The molecule has 1 aromatic heterocycles. The summed E-state index contributed by atoms with van der Waals surface area (Å²) in [5, 5.41) is 9.18. The van der Waals surface area contributed by atoms with Crippen LogP contribution in [0, 0.1) is 11.3 Å². The Bertz CT molecular complexity index is 612. The number of hydrogen-bond acceptors (Lipinski definition) is 5. The van der Waals surface area contributed by atoms with E-state index in [0.29, 0.717) is 0 Å². The van der Waals surface area contributed by atoms with Gasteiger partial charge < -0.3 is 9.80 Å². The number of rotatable bonds is 2. The Kier molecular flexibility index (Phi) is 3.46. The minimum Gasteiger partial charge on any atom is -0.367 e. The molecule has 0 unspecified atom stereocenters. The van der Waals surface area contributed by atoms with E-state index in [4.69, 9.17) is 0 Å². The maximum Gasteiger partial charge on any atom is 0.132 e. The number of para-hydroxylation sites is 1. The number of piperazine rings is 1. The molecular formula is C15H15N5. The van der Waals surface area contributed by atoms with Gasteiger partial charge in [0, 0.05) is 32.4 Å². The Morgan fingerprint density at radius 2 is 1.75 bits per heavy atom. The number of benzene rings is 1. The van der Waals surface area contributed by atoms with E-state index in [2.05, 4.69) is 25.8 Å². The van der Waals surface area contributed by atoms with E-state index in [9.17, 15) is 5.26 Å². The average Bonchev–Trinajstić information content (AvgIpc) is 2.56. The number of aromatic nitrogens is 2. The van der Waals surface area contributed by atoms with Crippen LogP contribution in [0.25, 0.3) is 0 Å². The molecule has 20 heavy (non-hydrogen) atoms. The molecule has 0 atom stereocenters. The van der Waals surface area contributed by atoms with Crippen LogP contribution >= 0.6 is 0 Å². The highest BCUT2D eigenvalue weighted by atomic mass is 15.3. The van der Waals surface area contributed by atoms with Crippen LogP contribution in [-0.2, 0) is 0 Å². The molecule has 0 aliphatic carbocycles. The molecule has 1 fully saturated rings. The fourth-order valence-electron chi connectivity index (χ4n) is 2.49. The number of nitriles is 1. The monoisotopic (exact) mass is 265 g/mol. The summed E-state index contributed by atoms with van der Waals surface area (Å²) >= 11 is 0. The van der Waals surface area contributed by atoms with Crippen LogP contribution < -0.4 is 9.80 Å². The molecule has 0 bridgehead atoms. The van der Waals surface area contributed by atoms with Crippen LogP contribution in [0.4, 0.5) is 11.5 Å². The molecule has 1 saturated heterocycles. The van der Waals surface area contributed by atoms with E-state index < -0.39 is 0 Å². The van der Waals surface area contributed by atoms with Gasteiger partial charge >= 0.3 is 0 Å². The molecule has 0 amide bonds. The van der Waals surface area contributed by atoms with Gasteiger partial charge in [-0.15, -0.1) is 0 Å². The Labute approximate surface area is 118 Å². The third-order valence-electron chi connectivity index (χ3n) is 3.54. The van der Waals surface area contributed by atoms with Crippen LogP contribution in [0.15, 0.2) is 42.9 Å². The lowest BCUT2D eigenvalue weighted by molar-refractivity contribution is 0.646. The van der Waals surface area contributed by atoms with Gasteiger partial charge in [0.2, 0.25) is 0 Å². The fourth-order valence-corrected chi connectivity index (χ4v) is 2.49. The summed E-state index contributed by atoms with van der Waals surface area (Å²) in [6, 6.07) is 12.0. The normalized spacial score (nSPS) is 14.9. The van der Waals surface area contributed by atoms with E-state index in [1.807, 2.05) is 30.3 Å². The third-order valence-corrected chi connectivity index (χ3v) is 3.54. The predicted octanol–water partition coefficient (Wildman–Crippen LogP) is 1.67. The van der Waals surface area contributed by atoms with Gasteiger partial charge in [-0.1, -0.05) is 12.1 Å². The van der Waals surface area contributed by atoms with Crippen molar-refractivity contribution in [3.63, 3.8) is 0 Å². The van der Waals surface area contributed by atoms with E-state index in [1.165, 1.54) is 0 Å².